The molecule has 0 amide bonds. The summed E-state index contributed by atoms with van der Waals surface area (Å²) < 4.78 is 0. The van der Waals surface area contributed by atoms with Gasteiger partial charge < -0.3 is 9.80 Å². The third-order valence-electron chi connectivity index (χ3n) is 2.60. The van der Waals surface area contributed by atoms with Crippen LogP contribution < -0.4 is 0 Å². The highest BCUT2D eigenvalue weighted by molar-refractivity contribution is 5.24. The van der Waals surface area contributed by atoms with Crippen LogP contribution in [-0.2, 0) is 0 Å². The van der Waals surface area contributed by atoms with Crippen LogP contribution >= 0.6 is 0 Å². The smallest absolute Gasteiger partial charge is 0.0302 e. The Hall–Kier alpha value is -1.02. The quantitative estimate of drug-likeness (QED) is 0.611. The predicted octanol–water partition coefficient (Wildman–Crippen LogP) is 2.76. The molecule has 16 heavy (non-hydrogen) atoms. The van der Waals surface area contributed by atoms with Gasteiger partial charge in [0.05, 0.1) is 0 Å². The van der Waals surface area contributed by atoms with Gasteiger partial charge in [0.15, 0.2) is 0 Å². The molecule has 0 aliphatic rings. The monoisotopic (exact) mass is 222 g/mol. The van der Waals surface area contributed by atoms with Crippen molar-refractivity contribution in [3.8, 4) is 0 Å². The third-order valence-corrected chi connectivity index (χ3v) is 2.60. The van der Waals surface area contributed by atoms with E-state index in [0.717, 1.165) is 24.4 Å². The summed E-state index contributed by atoms with van der Waals surface area (Å²) in [6.07, 6.45) is 4.09. The Kier molecular flexibility index (Phi) is 6.82. The second-order valence-electron chi connectivity index (χ2n) is 4.78. The van der Waals surface area contributed by atoms with Crippen LogP contribution in [0.2, 0.25) is 0 Å². The van der Waals surface area contributed by atoms with E-state index >= 15 is 0 Å². The third kappa shape index (κ3) is 6.46. The number of hydrogen-bond donors (Lipinski definition) is 0. The zero-order chi connectivity index (χ0) is 12.7. The normalized spacial score (nSPS) is 11.4. The lowest BCUT2D eigenvalue weighted by atomic mass is 10.1. The second kappa shape index (κ2) is 7.29. The molecule has 0 saturated carbocycles. The van der Waals surface area contributed by atoms with Crippen molar-refractivity contribution in [2.45, 2.75) is 13.8 Å². The highest BCUT2D eigenvalue weighted by Gasteiger charge is 2.00. The van der Waals surface area contributed by atoms with Crippen molar-refractivity contribution in [2.75, 3.05) is 34.2 Å². The van der Waals surface area contributed by atoms with Gasteiger partial charge in [-0.05, 0) is 26.1 Å². The highest BCUT2D eigenvalue weighted by atomic mass is 15.2. The minimum absolute atomic E-state index is 0.496. The first-order valence-corrected chi connectivity index (χ1v) is 5.76. The zero-order valence-corrected chi connectivity index (χ0v) is 11.5. The van der Waals surface area contributed by atoms with Gasteiger partial charge in [0, 0.05) is 25.8 Å². The lowest BCUT2D eigenvalue weighted by Gasteiger charge is -2.21. The summed E-state index contributed by atoms with van der Waals surface area (Å²) in [4.78, 5) is 4.32. The Bertz CT molecular complexity index is 262. The molecule has 0 rings (SSSR count). The Morgan fingerprint density at radius 2 is 1.62 bits per heavy atom. The van der Waals surface area contributed by atoms with Gasteiger partial charge in [-0.15, -0.1) is 0 Å². The molecule has 0 aromatic heterocycles. The van der Waals surface area contributed by atoms with Crippen molar-refractivity contribution in [3.05, 3.63) is 36.6 Å². The van der Waals surface area contributed by atoms with Gasteiger partial charge in [0.1, 0.15) is 0 Å². The molecule has 0 aromatic rings. The van der Waals surface area contributed by atoms with E-state index < -0.39 is 0 Å². The summed E-state index contributed by atoms with van der Waals surface area (Å²) in [7, 11) is 6.22. The first-order chi connectivity index (χ1) is 7.34. The van der Waals surface area contributed by atoms with Crippen molar-refractivity contribution >= 4 is 0 Å². The second-order valence-corrected chi connectivity index (χ2v) is 4.78. The van der Waals surface area contributed by atoms with E-state index in [0.29, 0.717) is 5.92 Å². The van der Waals surface area contributed by atoms with E-state index in [1.165, 1.54) is 0 Å². The molecule has 0 radical (unpaired) electrons. The molecule has 92 valence electrons. The van der Waals surface area contributed by atoms with Gasteiger partial charge >= 0.3 is 0 Å². The molecule has 0 spiro atoms. The number of nitrogens with zero attached hydrogens (tertiary/aromatic N) is 2. The Morgan fingerprint density at radius 1 is 1.06 bits per heavy atom. The average Bonchev–Trinajstić information content (AvgIpc) is 2.21. The van der Waals surface area contributed by atoms with Crippen LogP contribution in [0.5, 0.6) is 0 Å². The molecule has 0 N–H and O–H groups in total. The molecule has 0 fully saturated rings. The van der Waals surface area contributed by atoms with Gasteiger partial charge in [-0.2, -0.15) is 0 Å². The molecule has 0 bridgehead atoms. The van der Waals surface area contributed by atoms with Crippen LogP contribution in [0, 0.1) is 5.92 Å². The lowest BCUT2D eigenvalue weighted by molar-refractivity contribution is 0.331. The maximum absolute atomic E-state index is 4.04. The predicted molar refractivity (Wildman–Crippen MR) is 73.4 cm³/mol. The zero-order valence-electron chi connectivity index (χ0n) is 11.5. The van der Waals surface area contributed by atoms with Crippen LogP contribution in [0.15, 0.2) is 36.6 Å². The van der Waals surface area contributed by atoms with E-state index in [-0.39, 0.29) is 0 Å². The first-order valence-electron chi connectivity index (χ1n) is 5.76. The van der Waals surface area contributed by atoms with Crippen molar-refractivity contribution in [3.63, 3.8) is 0 Å². The Balaban J connectivity index is 4.10. The Labute approximate surface area is 101 Å². The van der Waals surface area contributed by atoms with Crippen molar-refractivity contribution in [1.29, 1.82) is 0 Å². The summed E-state index contributed by atoms with van der Waals surface area (Å²) >= 11 is 0. The molecule has 2 nitrogen and oxygen atoms in total. The van der Waals surface area contributed by atoms with Crippen LogP contribution in [0.25, 0.3) is 0 Å². The van der Waals surface area contributed by atoms with Crippen molar-refractivity contribution in [1.82, 2.24) is 9.80 Å². The Morgan fingerprint density at radius 3 is 2.06 bits per heavy atom. The van der Waals surface area contributed by atoms with Gasteiger partial charge in [0.2, 0.25) is 0 Å². The topological polar surface area (TPSA) is 6.48 Å². The fraction of sp³-hybridized carbons (Fsp3) is 0.571. The lowest BCUT2D eigenvalue weighted by Crippen LogP contribution is -2.27. The molecular formula is C14H26N2. The maximum Gasteiger partial charge on any atom is 0.0302 e. The molecule has 2 heteroatoms. The van der Waals surface area contributed by atoms with E-state index in [4.69, 9.17) is 0 Å². The number of likely N-dealkylation sites (N-methyl/N-ethyl adjacent to an activating group) is 2. The standard InChI is InChI=1S/C14H26N2/c1-12(2)13(3)8-9-14(4)16(7)11-10-15(5)6/h8-9,12H,3-4,10-11H2,1-2,5-7H3/b9-8-. The molecular weight excluding hydrogens is 196 g/mol. The van der Waals surface area contributed by atoms with Gasteiger partial charge in [-0.25, -0.2) is 0 Å². The van der Waals surface area contributed by atoms with Crippen LogP contribution in [0.4, 0.5) is 0 Å². The van der Waals surface area contributed by atoms with Gasteiger partial charge in [0.25, 0.3) is 0 Å². The minimum Gasteiger partial charge on any atom is -0.374 e. The van der Waals surface area contributed by atoms with Crippen LogP contribution in [0.1, 0.15) is 13.8 Å². The molecule has 0 aliphatic heterocycles. The SMILES string of the molecule is C=C(/C=C\C(=C)N(C)CCN(C)C)C(C)C. The molecule has 0 saturated heterocycles. The van der Waals surface area contributed by atoms with E-state index in [9.17, 15) is 0 Å². The number of hydrogen-bond acceptors (Lipinski definition) is 2. The molecule has 0 atom stereocenters. The summed E-state index contributed by atoms with van der Waals surface area (Å²) in [5.41, 5.74) is 2.17. The fourth-order valence-electron chi connectivity index (χ4n) is 1.02. The summed E-state index contributed by atoms with van der Waals surface area (Å²) in [6, 6.07) is 0. The van der Waals surface area contributed by atoms with E-state index in [1.54, 1.807) is 0 Å². The van der Waals surface area contributed by atoms with Crippen LogP contribution in [0.3, 0.4) is 0 Å². The first kappa shape index (κ1) is 15.0. The van der Waals surface area contributed by atoms with Crippen LogP contribution in [-0.4, -0.2) is 44.0 Å². The maximum atomic E-state index is 4.04. The molecule has 0 aromatic carbocycles. The van der Waals surface area contributed by atoms with Crippen molar-refractivity contribution < 1.29 is 0 Å². The fourth-order valence-corrected chi connectivity index (χ4v) is 1.02. The van der Waals surface area contributed by atoms with E-state index in [2.05, 4.69) is 64.0 Å². The molecule has 0 unspecified atom stereocenters. The summed E-state index contributed by atoms with van der Waals surface area (Å²) in [5, 5.41) is 0. The number of rotatable bonds is 7. The summed E-state index contributed by atoms with van der Waals surface area (Å²) in [6.45, 7) is 14.4. The van der Waals surface area contributed by atoms with E-state index in [1.807, 2.05) is 6.08 Å². The average molecular weight is 222 g/mol. The molecule has 0 heterocycles. The highest BCUT2D eigenvalue weighted by Crippen LogP contribution is 2.10. The largest absolute Gasteiger partial charge is 0.374 e. The number of allylic oxidation sites excluding steroid dienone is 3. The summed E-state index contributed by atoms with van der Waals surface area (Å²) in [5.74, 6) is 0.496. The van der Waals surface area contributed by atoms with Crippen molar-refractivity contribution in [2.24, 2.45) is 5.92 Å². The molecule has 0 aliphatic carbocycles. The van der Waals surface area contributed by atoms with Gasteiger partial charge in [-0.3, -0.25) is 0 Å². The minimum atomic E-state index is 0.496. The van der Waals surface area contributed by atoms with Gasteiger partial charge in [-0.1, -0.05) is 38.7 Å².